The molecule has 110 valence electrons. The van der Waals surface area contributed by atoms with E-state index in [-0.39, 0.29) is 5.91 Å². The van der Waals surface area contributed by atoms with Crippen molar-refractivity contribution in [2.75, 3.05) is 6.54 Å². The zero-order valence-electron chi connectivity index (χ0n) is 12.7. The van der Waals surface area contributed by atoms with E-state index in [1.54, 1.807) is 0 Å². The van der Waals surface area contributed by atoms with Crippen LogP contribution < -0.4 is 0 Å². The summed E-state index contributed by atoms with van der Waals surface area (Å²) in [7, 11) is 0. The summed E-state index contributed by atoms with van der Waals surface area (Å²) in [6, 6.07) is 6.26. The lowest BCUT2D eigenvalue weighted by molar-refractivity contribution is 0.0654. The summed E-state index contributed by atoms with van der Waals surface area (Å²) in [5.41, 5.74) is 1.85. The van der Waals surface area contributed by atoms with Crippen molar-refractivity contribution >= 4 is 18.5 Å². The summed E-state index contributed by atoms with van der Waals surface area (Å²) in [6.45, 7) is 7.20. The van der Waals surface area contributed by atoms with E-state index >= 15 is 0 Å². The van der Waals surface area contributed by atoms with Gasteiger partial charge in [0.15, 0.2) is 0 Å². The van der Waals surface area contributed by atoms with Crippen molar-refractivity contribution in [3.8, 4) is 0 Å². The number of nitrogens with zero attached hydrogens (tertiary/aromatic N) is 1. The van der Waals surface area contributed by atoms with Gasteiger partial charge in [0.1, 0.15) is 0 Å². The Morgan fingerprint density at radius 3 is 2.60 bits per heavy atom. The maximum atomic E-state index is 12.9. The Labute approximate surface area is 128 Å². The van der Waals surface area contributed by atoms with Crippen LogP contribution in [0.15, 0.2) is 23.1 Å². The van der Waals surface area contributed by atoms with Gasteiger partial charge in [-0.15, -0.1) is 12.6 Å². The molecule has 20 heavy (non-hydrogen) atoms. The maximum absolute atomic E-state index is 12.9. The number of rotatable bonds is 4. The summed E-state index contributed by atoms with van der Waals surface area (Å²) in [5, 5.41) is 0. The molecule has 0 bridgehead atoms. The second kappa shape index (κ2) is 6.66. The normalized spacial score (nSPS) is 15.8. The van der Waals surface area contributed by atoms with Gasteiger partial charge >= 0.3 is 0 Å². The van der Waals surface area contributed by atoms with Crippen LogP contribution in [0.3, 0.4) is 0 Å². The molecule has 2 rings (SSSR count). The molecule has 1 aromatic carbocycles. The van der Waals surface area contributed by atoms with E-state index in [9.17, 15) is 4.79 Å². The quantitative estimate of drug-likeness (QED) is 0.819. The second-order valence-electron chi connectivity index (χ2n) is 6.29. The molecule has 0 aliphatic heterocycles. The lowest BCUT2D eigenvalue weighted by atomic mass is 10.0. The van der Waals surface area contributed by atoms with E-state index in [1.165, 1.54) is 12.8 Å². The van der Waals surface area contributed by atoms with Crippen LogP contribution in [-0.4, -0.2) is 23.4 Å². The van der Waals surface area contributed by atoms with Crippen molar-refractivity contribution < 1.29 is 4.79 Å². The summed E-state index contributed by atoms with van der Waals surface area (Å²) in [6.07, 6.45) is 4.80. The van der Waals surface area contributed by atoms with Crippen molar-refractivity contribution in [1.29, 1.82) is 0 Å². The lowest BCUT2D eigenvalue weighted by Crippen LogP contribution is -2.41. The molecule has 2 nitrogen and oxygen atoms in total. The van der Waals surface area contributed by atoms with Crippen LogP contribution in [0.1, 0.15) is 55.5 Å². The number of carbonyl (C=O) groups is 1. The van der Waals surface area contributed by atoms with Gasteiger partial charge in [-0.1, -0.05) is 32.8 Å². The van der Waals surface area contributed by atoms with E-state index in [0.717, 1.165) is 35.4 Å². The predicted molar refractivity (Wildman–Crippen MR) is 86.6 cm³/mol. The topological polar surface area (TPSA) is 20.3 Å². The first kappa shape index (κ1) is 15.4. The Kier molecular flexibility index (Phi) is 5.14. The molecule has 0 N–H and O–H groups in total. The van der Waals surface area contributed by atoms with Crippen molar-refractivity contribution in [1.82, 2.24) is 4.90 Å². The zero-order valence-corrected chi connectivity index (χ0v) is 13.6. The summed E-state index contributed by atoms with van der Waals surface area (Å²) in [5.74, 6) is 0.679. The Balaban J connectivity index is 2.27. The third-order valence-electron chi connectivity index (χ3n) is 4.04. The molecule has 1 amide bonds. The van der Waals surface area contributed by atoms with Crippen LogP contribution in [0.5, 0.6) is 0 Å². The first-order chi connectivity index (χ1) is 9.49. The number of carbonyl (C=O) groups excluding carboxylic acids is 1. The number of hydrogen-bond donors (Lipinski definition) is 1. The Hall–Kier alpha value is -0.960. The molecular weight excluding hydrogens is 266 g/mol. The molecule has 0 atom stereocenters. The lowest BCUT2D eigenvalue weighted by Gasteiger charge is -2.31. The van der Waals surface area contributed by atoms with Crippen LogP contribution >= 0.6 is 12.6 Å². The van der Waals surface area contributed by atoms with Gasteiger partial charge in [0.05, 0.1) is 0 Å². The molecule has 1 aliphatic rings. The molecule has 1 aliphatic carbocycles. The molecule has 0 aromatic heterocycles. The maximum Gasteiger partial charge on any atom is 0.254 e. The van der Waals surface area contributed by atoms with Crippen LogP contribution in [0, 0.1) is 12.8 Å². The van der Waals surface area contributed by atoms with Gasteiger partial charge in [-0.3, -0.25) is 4.79 Å². The Bertz CT molecular complexity index is 478. The van der Waals surface area contributed by atoms with Crippen molar-refractivity contribution in [3.63, 3.8) is 0 Å². The smallest absolute Gasteiger partial charge is 0.254 e. The first-order valence-electron chi connectivity index (χ1n) is 7.59. The molecule has 1 aromatic rings. The highest BCUT2D eigenvalue weighted by molar-refractivity contribution is 7.80. The summed E-state index contributed by atoms with van der Waals surface area (Å²) in [4.78, 5) is 15.9. The highest BCUT2D eigenvalue weighted by Crippen LogP contribution is 2.27. The average Bonchev–Trinajstić information content (AvgIpc) is 2.91. The van der Waals surface area contributed by atoms with Crippen LogP contribution in [0.25, 0.3) is 0 Å². The number of aryl methyl sites for hydroxylation is 1. The Morgan fingerprint density at radius 1 is 1.35 bits per heavy atom. The van der Waals surface area contributed by atoms with Crippen LogP contribution in [-0.2, 0) is 0 Å². The molecule has 0 saturated heterocycles. The van der Waals surface area contributed by atoms with Crippen molar-refractivity contribution in [3.05, 3.63) is 29.3 Å². The van der Waals surface area contributed by atoms with Crippen molar-refractivity contribution in [2.24, 2.45) is 5.92 Å². The number of hydrogen-bond acceptors (Lipinski definition) is 2. The van der Waals surface area contributed by atoms with Gasteiger partial charge in [-0.2, -0.15) is 0 Å². The van der Waals surface area contributed by atoms with Gasteiger partial charge in [0.2, 0.25) is 0 Å². The van der Waals surface area contributed by atoms with Gasteiger partial charge in [-0.25, -0.2) is 0 Å². The molecule has 0 unspecified atom stereocenters. The van der Waals surface area contributed by atoms with E-state index in [0.29, 0.717) is 12.0 Å². The SMILES string of the molecule is Cc1ccc(S)cc1C(=O)N(CC(C)C)C1CCCC1. The third kappa shape index (κ3) is 3.57. The van der Waals surface area contributed by atoms with Gasteiger partial charge in [0, 0.05) is 23.0 Å². The van der Waals surface area contributed by atoms with Gasteiger partial charge < -0.3 is 4.90 Å². The fourth-order valence-corrected chi connectivity index (χ4v) is 3.21. The van der Waals surface area contributed by atoms with E-state index in [2.05, 4.69) is 31.4 Å². The fraction of sp³-hybridized carbons (Fsp3) is 0.588. The fourth-order valence-electron chi connectivity index (χ4n) is 3.00. The van der Waals surface area contributed by atoms with Gasteiger partial charge in [-0.05, 0) is 43.4 Å². The number of amides is 1. The highest BCUT2D eigenvalue weighted by Gasteiger charge is 2.28. The average molecular weight is 291 g/mol. The Morgan fingerprint density at radius 2 is 2.00 bits per heavy atom. The third-order valence-corrected chi connectivity index (χ3v) is 4.32. The minimum atomic E-state index is 0.180. The minimum absolute atomic E-state index is 0.180. The zero-order chi connectivity index (χ0) is 14.7. The standard InChI is InChI=1S/C17H25NOS/c1-12(2)11-18(14-6-4-5-7-14)17(19)16-10-15(20)9-8-13(16)3/h8-10,12,14,20H,4-7,11H2,1-3H3. The van der Waals surface area contributed by atoms with E-state index in [1.807, 2.05) is 25.1 Å². The van der Waals surface area contributed by atoms with E-state index in [4.69, 9.17) is 0 Å². The second-order valence-corrected chi connectivity index (χ2v) is 6.81. The molecule has 0 spiro atoms. The summed E-state index contributed by atoms with van der Waals surface area (Å²) < 4.78 is 0. The molecule has 0 radical (unpaired) electrons. The highest BCUT2D eigenvalue weighted by atomic mass is 32.1. The number of thiol groups is 1. The van der Waals surface area contributed by atoms with E-state index < -0.39 is 0 Å². The first-order valence-corrected chi connectivity index (χ1v) is 8.04. The monoisotopic (exact) mass is 291 g/mol. The van der Waals surface area contributed by atoms with Gasteiger partial charge in [0.25, 0.3) is 5.91 Å². The minimum Gasteiger partial charge on any atom is -0.335 e. The summed E-state index contributed by atoms with van der Waals surface area (Å²) >= 11 is 4.37. The molecule has 1 fully saturated rings. The predicted octanol–water partition coefficient (Wildman–Crippen LogP) is 4.32. The largest absolute Gasteiger partial charge is 0.335 e. The molecule has 1 saturated carbocycles. The molecule has 0 heterocycles. The van der Waals surface area contributed by atoms with Crippen LogP contribution in [0.4, 0.5) is 0 Å². The van der Waals surface area contributed by atoms with Crippen LogP contribution in [0.2, 0.25) is 0 Å². The molecular formula is C17H25NOS. The van der Waals surface area contributed by atoms with Crippen molar-refractivity contribution in [2.45, 2.75) is 57.4 Å². The molecule has 3 heteroatoms. The number of benzene rings is 1.